The number of hydrogen-bond acceptors (Lipinski definition) is 0. The summed E-state index contributed by atoms with van der Waals surface area (Å²) in [6.07, 6.45) is 1.42. The highest BCUT2D eigenvalue weighted by Crippen LogP contribution is 2.49. The van der Waals surface area contributed by atoms with Gasteiger partial charge in [0.25, 0.3) is 0 Å². The summed E-state index contributed by atoms with van der Waals surface area (Å²) in [4.78, 5) is 0. The first kappa shape index (κ1) is 26.5. The molecule has 0 saturated heterocycles. The van der Waals surface area contributed by atoms with Crippen molar-refractivity contribution in [2.75, 3.05) is 0 Å². The Balaban J connectivity index is -0.000000149. The Kier molecular flexibility index (Phi) is 17.8. The molecule has 0 amide bonds. The van der Waals surface area contributed by atoms with Gasteiger partial charge in [0.1, 0.15) is 0 Å². The average molecular weight is 261 g/mol. The van der Waals surface area contributed by atoms with E-state index in [0.717, 1.165) is 23.7 Å². The van der Waals surface area contributed by atoms with Crippen LogP contribution in [0.1, 0.15) is 90.5 Å². The van der Waals surface area contributed by atoms with E-state index in [-0.39, 0.29) is 14.9 Å². The molecule has 1 fully saturated rings. The molecule has 1 aliphatic carbocycles. The van der Waals surface area contributed by atoms with Crippen LogP contribution in [-0.4, -0.2) is 0 Å². The van der Waals surface area contributed by atoms with Crippen molar-refractivity contribution in [3.63, 3.8) is 0 Å². The van der Waals surface area contributed by atoms with Crippen molar-refractivity contribution in [1.82, 2.24) is 0 Å². The Morgan fingerprint density at radius 3 is 1.11 bits per heavy atom. The summed E-state index contributed by atoms with van der Waals surface area (Å²) in [5.41, 5.74) is 0.539. The van der Waals surface area contributed by atoms with E-state index in [4.69, 9.17) is 0 Å². The van der Waals surface area contributed by atoms with Crippen LogP contribution < -0.4 is 0 Å². The van der Waals surface area contributed by atoms with Gasteiger partial charge in [-0.25, -0.2) is 0 Å². The molecule has 0 heterocycles. The van der Waals surface area contributed by atoms with Gasteiger partial charge in [0.15, 0.2) is 0 Å². The molecular formula is C18H44. The quantitative estimate of drug-likeness (QED) is 0.429. The van der Waals surface area contributed by atoms with Gasteiger partial charge in [-0.15, -0.1) is 0 Å². The van der Waals surface area contributed by atoms with Gasteiger partial charge < -0.3 is 0 Å². The largest absolute Gasteiger partial charge is 0.0776 e. The lowest BCUT2D eigenvalue weighted by Gasteiger charge is -2.49. The molecule has 0 heteroatoms. The molecule has 0 aliphatic heterocycles. The standard InChI is InChI=1S/C12H24.2C2H6.2CH4/c1-8-7-9(2)11(4)12(5,6)10(8)3;2*1-2;;/h8-11H,7H2,1-6H3;2*1-2H3;2*1H4/t8-,9+,10-,11+;;;;. The van der Waals surface area contributed by atoms with Gasteiger partial charge >= 0.3 is 0 Å². The van der Waals surface area contributed by atoms with Crippen molar-refractivity contribution in [3.05, 3.63) is 0 Å². The second-order valence-electron chi connectivity index (χ2n) is 5.59. The molecule has 0 bridgehead atoms. The van der Waals surface area contributed by atoms with Gasteiger partial charge in [-0.05, 0) is 35.5 Å². The third kappa shape index (κ3) is 6.25. The van der Waals surface area contributed by atoms with Crippen LogP contribution >= 0.6 is 0 Å². The minimum Gasteiger partial charge on any atom is -0.0776 e. The summed E-state index contributed by atoms with van der Waals surface area (Å²) in [5, 5.41) is 0. The predicted octanol–water partition coefficient (Wildman–Crippen LogP) is 7.29. The lowest BCUT2D eigenvalue weighted by atomic mass is 9.56. The molecule has 1 rings (SSSR count). The number of hydrogen-bond donors (Lipinski definition) is 0. The fraction of sp³-hybridized carbons (Fsp3) is 1.00. The van der Waals surface area contributed by atoms with E-state index in [9.17, 15) is 0 Å². The third-order valence-electron chi connectivity index (χ3n) is 4.80. The van der Waals surface area contributed by atoms with Crippen LogP contribution in [0.3, 0.4) is 0 Å². The lowest BCUT2D eigenvalue weighted by molar-refractivity contribution is 0.00131. The van der Waals surface area contributed by atoms with Gasteiger partial charge in [-0.2, -0.15) is 0 Å². The summed E-state index contributed by atoms with van der Waals surface area (Å²) in [6, 6.07) is 0. The molecule has 4 atom stereocenters. The maximum absolute atomic E-state index is 2.44. The van der Waals surface area contributed by atoms with E-state index in [1.54, 1.807) is 0 Å². The van der Waals surface area contributed by atoms with Crippen LogP contribution in [0, 0.1) is 29.1 Å². The van der Waals surface area contributed by atoms with Crippen LogP contribution in [0.4, 0.5) is 0 Å². The Morgan fingerprint density at radius 2 is 0.889 bits per heavy atom. The molecule has 0 spiro atoms. The molecule has 0 unspecified atom stereocenters. The summed E-state index contributed by atoms with van der Waals surface area (Å²) in [6.45, 7) is 22.5. The van der Waals surface area contributed by atoms with Gasteiger partial charge in [-0.3, -0.25) is 0 Å². The Bertz CT molecular complexity index is 141. The maximum atomic E-state index is 2.44. The van der Waals surface area contributed by atoms with Crippen molar-refractivity contribution in [2.45, 2.75) is 90.5 Å². The van der Waals surface area contributed by atoms with Crippen LogP contribution in [-0.2, 0) is 0 Å². The summed E-state index contributed by atoms with van der Waals surface area (Å²) >= 11 is 0. The van der Waals surface area contributed by atoms with Gasteiger partial charge in [-0.1, -0.05) is 84.1 Å². The first-order valence-corrected chi connectivity index (χ1v) is 7.37. The first-order valence-electron chi connectivity index (χ1n) is 7.37. The van der Waals surface area contributed by atoms with Gasteiger partial charge in [0.2, 0.25) is 0 Å². The second kappa shape index (κ2) is 12.1. The van der Waals surface area contributed by atoms with Gasteiger partial charge in [0.05, 0.1) is 0 Å². The number of rotatable bonds is 0. The van der Waals surface area contributed by atoms with E-state index in [2.05, 4.69) is 41.5 Å². The van der Waals surface area contributed by atoms with Crippen molar-refractivity contribution < 1.29 is 0 Å². The Morgan fingerprint density at radius 1 is 0.667 bits per heavy atom. The summed E-state index contributed by atoms with van der Waals surface area (Å²) in [7, 11) is 0. The highest BCUT2D eigenvalue weighted by molar-refractivity contribution is 4.91. The molecule has 0 radical (unpaired) electrons. The molecule has 1 saturated carbocycles. The lowest BCUT2D eigenvalue weighted by Crippen LogP contribution is -2.42. The molecule has 0 aromatic rings. The summed E-state index contributed by atoms with van der Waals surface area (Å²) in [5.74, 6) is 3.57. The average Bonchev–Trinajstić information content (AvgIpc) is 2.30. The minimum absolute atomic E-state index is 0. The maximum Gasteiger partial charge on any atom is -0.0298 e. The molecule has 1 aliphatic rings. The van der Waals surface area contributed by atoms with Crippen LogP contribution in [0.15, 0.2) is 0 Å². The van der Waals surface area contributed by atoms with E-state index >= 15 is 0 Å². The topological polar surface area (TPSA) is 0 Å². The fourth-order valence-electron chi connectivity index (χ4n) is 2.88. The fourth-order valence-corrected chi connectivity index (χ4v) is 2.88. The van der Waals surface area contributed by atoms with Crippen LogP contribution in [0.25, 0.3) is 0 Å². The monoisotopic (exact) mass is 260 g/mol. The SMILES string of the molecule is C.C.CC.CC.C[C@@H]1C[C@H](C)[C@H](C)C(C)(C)[C@@H]1C. The predicted molar refractivity (Wildman–Crippen MR) is 91.2 cm³/mol. The molecule has 0 nitrogen and oxygen atoms in total. The van der Waals surface area contributed by atoms with Crippen molar-refractivity contribution in [3.8, 4) is 0 Å². The van der Waals surface area contributed by atoms with E-state index in [1.807, 2.05) is 27.7 Å². The zero-order valence-electron chi connectivity index (χ0n) is 13.5. The highest BCUT2D eigenvalue weighted by atomic mass is 14.5. The second-order valence-corrected chi connectivity index (χ2v) is 5.59. The van der Waals surface area contributed by atoms with Crippen LogP contribution in [0.5, 0.6) is 0 Å². The molecule has 116 valence electrons. The Labute approximate surface area is 120 Å². The smallest absolute Gasteiger partial charge is 0.0298 e. The molecule has 0 N–H and O–H groups in total. The third-order valence-corrected chi connectivity index (χ3v) is 4.80. The van der Waals surface area contributed by atoms with E-state index < -0.39 is 0 Å². The highest BCUT2D eigenvalue weighted by Gasteiger charge is 2.42. The summed E-state index contributed by atoms with van der Waals surface area (Å²) < 4.78 is 0. The van der Waals surface area contributed by atoms with Crippen molar-refractivity contribution in [2.24, 2.45) is 29.1 Å². The normalized spacial score (nSPS) is 32.3. The van der Waals surface area contributed by atoms with E-state index in [1.165, 1.54) is 6.42 Å². The zero-order chi connectivity index (χ0) is 13.5. The zero-order valence-corrected chi connectivity index (χ0v) is 13.5. The van der Waals surface area contributed by atoms with Crippen LogP contribution in [0.2, 0.25) is 0 Å². The Hall–Kier alpha value is 0. The van der Waals surface area contributed by atoms with Gasteiger partial charge in [0, 0.05) is 0 Å². The molecular weight excluding hydrogens is 216 g/mol. The molecule has 18 heavy (non-hydrogen) atoms. The molecule has 0 aromatic heterocycles. The molecule has 0 aromatic carbocycles. The van der Waals surface area contributed by atoms with Crippen molar-refractivity contribution >= 4 is 0 Å². The minimum atomic E-state index is 0. The first-order chi connectivity index (χ1) is 7.37. The van der Waals surface area contributed by atoms with E-state index in [0.29, 0.717) is 5.41 Å². The van der Waals surface area contributed by atoms with Crippen molar-refractivity contribution in [1.29, 1.82) is 0 Å².